The average Bonchev–Trinajstić information content (AvgIpc) is 2.48. The van der Waals surface area contributed by atoms with Gasteiger partial charge < -0.3 is 15.0 Å². The summed E-state index contributed by atoms with van der Waals surface area (Å²) in [7, 11) is 3.68. The number of anilines is 1. The maximum Gasteiger partial charge on any atom is 0.279 e. The fraction of sp³-hybridized carbons (Fsp3) is 0.562. The van der Waals surface area contributed by atoms with Crippen LogP contribution in [0.2, 0.25) is 5.02 Å². The molecule has 0 spiro atoms. The largest absolute Gasteiger partial charge is 0.495 e. The molecule has 116 valence electrons. The molecule has 0 aliphatic heterocycles. The van der Waals surface area contributed by atoms with Gasteiger partial charge in [-0.05, 0) is 43.9 Å². The summed E-state index contributed by atoms with van der Waals surface area (Å²) in [4.78, 5) is 13.5. The van der Waals surface area contributed by atoms with E-state index in [4.69, 9.17) is 16.3 Å². The van der Waals surface area contributed by atoms with Gasteiger partial charge in [-0.2, -0.15) is 0 Å². The highest BCUT2D eigenvalue weighted by Crippen LogP contribution is 2.27. The van der Waals surface area contributed by atoms with E-state index < -0.39 is 0 Å². The molecule has 0 saturated heterocycles. The summed E-state index contributed by atoms with van der Waals surface area (Å²) in [5, 5.41) is 3.49. The number of hydrogen-bond acceptors (Lipinski definition) is 2. The Morgan fingerprint density at radius 1 is 1.38 bits per heavy atom. The fourth-order valence-electron chi connectivity index (χ4n) is 2.97. The molecule has 2 rings (SSSR count). The second-order valence-corrected chi connectivity index (χ2v) is 6.19. The summed E-state index contributed by atoms with van der Waals surface area (Å²) < 4.78 is 5.24. The Kier molecular flexibility index (Phi) is 5.88. The number of quaternary nitrogens is 1. The smallest absolute Gasteiger partial charge is 0.279 e. The summed E-state index contributed by atoms with van der Waals surface area (Å²) in [6.45, 7) is 0.473. The van der Waals surface area contributed by atoms with Crippen molar-refractivity contribution in [1.82, 2.24) is 0 Å². The molecule has 0 radical (unpaired) electrons. The van der Waals surface area contributed by atoms with E-state index >= 15 is 0 Å². The highest BCUT2D eigenvalue weighted by molar-refractivity contribution is 6.31. The van der Waals surface area contributed by atoms with E-state index in [9.17, 15) is 4.79 Å². The van der Waals surface area contributed by atoms with E-state index in [-0.39, 0.29) is 5.91 Å². The normalized spacial score (nSPS) is 17.3. The van der Waals surface area contributed by atoms with Crippen LogP contribution in [0.4, 0.5) is 5.69 Å². The topological polar surface area (TPSA) is 42.8 Å². The van der Waals surface area contributed by atoms with Crippen LogP contribution in [0, 0.1) is 0 Å². The van der Waals surface area contributed by atoms with Gasteiger partial charge in [0.2, 0.25) is 0 Å². The summed E-state index contributed by atoms with van der Waals surface area (Å²) in [6.07, 6.45) is 6.34. The number of carbonyl (C=O) groups excluding carboxylic acids is 1. The van der Waals surface area contributed by atoms with Crippen molar-refractivity contribution in [3.05, 3.63) is 23.2 Å². The van der Waals surface area contributed by atoms with Gasteiger partial charge in [0.25, 0.3) is 5.91 Å². The van der Waals surface area contributed by atoms with Gasteiger partial charge in [0.15, 0.2) is 6.54 Å². The number of hydrogen-bond donors (Lipinski definition) is 2. The molecular weight excluding hydrogens is 288 g/mol. The number of amides is 1. The zero-order valence-electron chi connectivity index (χ0n) is 12.7. The molecule has 1 fully saturated rings. The fourth-order valence-corrected chi connectivity index (χ4v) is 3.14. The lowest BCUT2D eigenvalue weighted by molar-refractivity contribution is -0.899. The molecule has 4 nitrogen and oxygen atoms in total. The monoisotopic (exact) mass is 311 g/mol. The zero-order valence-corrected chi connectivity index (χ0v) is 13.5. The Bertz CT molecular complexity index is 487. The molecule has 1 aliphatic rings. The molecule has 1 aromatic carbocycles. The van der Waals surface area contributed by atoms with Gasteiger partial charge in [-0.25, -0.2) is 0 Å². The van der Waals surface area contributed by atoms with Gasteiger partial charge in [0.05, 0.1) is 25.9 Å². The number of methoxy groups -OCH3 is 1. The van der Waals surface area contributed by atoms with Gasteiger partial charge >= 0.3 is 0 Å². The summed E-state index contributed by atoms with van der Waals surface area (Å²) in [6, 6.07) is 5.82. The number of benzene rings is 1. The molecule has 1 amide bonds. The predicted molar refractivity (Wildman–Crippen MR) is 85.3 cm³/mol. The highest BCUT2D eigenvalue weighted by Gasteiger charge is 2.23. The number of carbonyl (C=O) groups is 1. The van der Waals surface area contributed by atoms with Crippen LogP contribution in [0.5, 0.6) is 5.75 Å². The quantitative estimate of drug-likeness (QED) is 0.875. The minimum atomic E-state index is -0.00126. The Labute approximate surface area is 131 Å². The van der Waals surface area contributed by atoms with Crippen LogP contribution in [0.25, 0.3) is 0 Å². The first-order chi connectivity index (χ1) is 10.1. The number of halogens is 1. The van der Waals surface area contributed by atoms with Crippen LogP contribution in [0.15, 0.2) is 18.2 Å². The molecule has 21 heavy (non-hydrogen) atoms. The Hall–Kier alpha value is -1.26. The lowest BCUT2D eigenvalue weighted by atomic mass is 9.94. The lowest BCUT2D eigenvalue weighted by Gasteiger charge is -2.27. The lowest BCUT2D eigenvalue weighted by Crippen LogP contribution is -3.14. The molecule has 0 aromatic heterocycles. The van der Waals surface area contributed by atoms with Crippen molar-refractivity contribution in [1.29, 1.82) is 0 Å². The van der Waals surface area contributed by atoms with Crippen molar-refractivity contribution < 1.29 is 14.4 Å². The molecule has 1 unspecified atom stereocenters. The first-order valence-corrected chi connectivity index (χ1v) is 7.93. The van der Waals surface area contributed by atoms with Crippen molar-refractivity contribution in [2.24, 2.45) is 0 Å². The van der Waals surface area contributed by atoms with Crippen molar-refractivity contribution in [3.8, 4) is 5.75 Å². The standard InChI is InChI=1S/C16H23ClN2O2/c1-19(13-6-4-3-5-7-13)11-16(20)18-14-10-12(17)8-9-15(14)21-2/h8-10,13H,3-7,11H2,1-2H3,(H,18,20)/p+1. The highest BCUT2D eigenvalue weighted by atomic mass is 35.5. The third-order valence-corrected chi connectivity index (χ3v) is 4.41. The minimum absolute atomic E-state index is 0.00126. The van der Waals surface area contributed by atoms with Crippen LogP contribution in [0.3, 0.4) is 0 Å². The Balaban J connectivity index is 1.93. The summed E-state index contributed by atoms with van der Waals surface area (Å²) in [5.74, 6) is 0.627. The van der Waals surface area contributed by atoms with E-state index in [2.05, 4.69) is 12.4 Å². The second kappa shape index (κ2) is 7.66. The van der Waals surface area contributed by atoms with Gasteiger partial charge in [-0.15, -0.1) is 0 Å². The SMILES string of the molecule is COc1ccc(Cl)cc1NC(=O)C[NH+](C)C1CCCCC1. The number of nitrogens with one attached hydrogen (secondary N) is 2. The Morgan fingerprint density at radius 3 is 2.76 bits per heavy atom. The van der Waals surface area contributed by atoms with Crippen LogP contribution < -0.4 is 15.0 Å². The summed E-state index contributed by atoms with van der Waals surface area (Å²) in [5.41, 5.74) is 0.631. The van der Waals surface area contributed by atoms with Crippen molar-refractivity contribution in [3.63, 3.8) is 0 Å². The van der Waals surface area contributed by atoms with Crippen molar-refractivity contribution in [2.45, 2.75) is 38.1 Å². The second-order valence-electron chi connectivity index (χ2n) is 5.75. The van der Waals surface area contributed by atoms with Crippen LogP contribution in [-0.2, 0) is 4.79 Å². The van der Waals surface area contributed by atoms with Crippen molar-refractivity contribution in [2.75, 3.05) is 26.0 Å². The predicted octanol–water partition coefficient (Wildman–Crippen LogP) is 2.13. The average molecular weight is 312 g/mol. The van der Waals surface area contributed by atoms with Crippen LogP contribution in [-0.4, -0.2) is 32.7 Å². The van der Waals surface area contributed by atoms with E-state index in [1.54, 1.807) is 25.3 Å². The van der Waals surface area contributed by atoms with Gasteiger partial charge in [0.1, 0.15) is 5.75 Å². The minimum Gasteiger partial charge on any atom is -0.495 e. The van der Waals surface area contributed by atoms with E-state index in [0.717, 1.165) is 0 Å². The van der Waals surface area contributed by atoms with Crippen molar-refractivity contribution >= 4 is 23.2 Å². The molecule has 1 aromatic rings. The van der Waals surface area contributed by atoms with E-state index in [1.165, 1.54) is 37.0 Å². The molecule has 0 heterocycles. The van der Waals surface area contributed by atoms with Crippen LogP contribution in [0.1, 0.15) is 32.1 Å². The molecule has 1 saturated carbocycles. The van der Waals surface area contributed by atoms with E-state index in [1.807, 2.05) is 0 Å². The molecule has 1 aliphatic carbocycles. The number of likely N-dealkylation sites (N-methyl/N-ethyl adjacent to an activating group) is 1. The first-order valence-electron chi connectivity index (χ1n) is 7.56. The molecular formula is C16H24ClN2O2+. The molecule has 2 N–H and O–H groups in total. The number of rotatable bonds is 5. The van der Waals surface area contributed by atoms with Gasteiger partial charge in [-0.1, -0.05) is 18.0 Å². The third kappa shape index (κ3) is 4.61. The third-order valence-electron chi connectivity index (χ3n) is 4.18. The molecule has 0 bridgehead atoms. The van der Waals surface area contributed by atoms with Gasteiger partial charge in [-0.3, -0.25) is 4.79 Å². The maximum atomic E-state index is 12.2. The Morgan fingerprint density at radius 2 is 2.10 bits per heavy atom. The molecule has 1 atom stereocenters. The number of ether oxygens (including phenoxy) is 1. The van der Waals surface area contributed by atoms with Gasteiger partial charge in [0, 0.05) is 5.02 Å². The summed E-state index contributed by atoms with van der Waals surface area (Å²) >= 11 is 5.97. The zero-order chi connectivity index (χ0) is 15.2. The molecule has 5 heteroatoms. The first kappa shape index (κ1) is 16.1. The van der Waals surface area contributed by atoms with Crippen LogP contribution >= 0.6 is 11.6 Å². The maximum absolute atomic E-state index is 12.2. The van der Waals surface area contributed by atoms with E-state index in [0.29, 0.717) is 29.0 Å².